The maximum absolute atomic E-state index is 14.2. The predicted molar refractivity (Wildman–Crippen MR) is 98.9 cm³/mol. The van der Waals surface area contributed by atoms with E-state index < -0.39 is 5.82 Å². The minimum absolute atomic E-state index is 0.109. The number of quaternary nitrogens is 1. The minimum Gasteiger partial charge on any atom is -0.497 e. The minimum atomic E-state index is -0.533. The van der Waals surface area contributed by atoms with Crippen LogP contribution in [-0.2, 0) is 13.0 Å². The highest BCUT2D eigenvalue weighted by molar-refractivity contribution is 5.94. The monoisotopic (exact) mass is 371 g/mol. The van der Waals surface area contributed by atoms with Gasteiger partial charge in [-0.2, -0.15) is 0 Å². The molecule has 142 valence electrons. The standard InChI is InChI=1S/C21H23FN2O3/c1-26-17-3-4-18(19(22)13-17)21(25)24-9-7-23(8-10-24)14-15-2-5-20-16(12-15)6-11-27-20/h2-5,12-13H,6-11,14H2,1H3/p+1. The highest BCUT2D eigenvalue weighted by atomic mass is 19.1. The normalized spacial score (nSPS) is 16.7. The molecular weight excluding hydrogens is 347 g/mol. The number of hydrogen-bond donors (Lipinski definition) is 1. The lowest BCUT2D eigenvalue weighted by Crippen LogP contribution is -3.13. The molecule has 1 fully saturated rings. The van der Waals surface area contributed by atoms with Crippen LogP contribution in [0, 0.1) is 5.82 Å². The van der Waals surface area contributed by atoms with E-state index in [1.165, 1.54) is 35.3 Å². The van der Waals surface area contributed by atoms with Gasteiger partial charge in [0.15, 0.2) is 0 Å². The number of piperazine rings is 1. The van der Waals surface area contributed by atoms with Gasteiger partial charge in [0, 0.05) is 18.1 Å². The Morgan fingerprint density at radius 3 is 2.78 bits per heavy atom. The van der Waals surface area contributed by atoms with Crippen LogP contribution < -0.4 is 14.4 Å². The fraction of sp³-hybridized carbons (Fsp3) is 0.381. The third-order valence-electron chi connectivity index (χ3n) is 5.37. The Morgan fingerprint density at radius 2 is 2.04 bits per heavy atom. The molecule has 0 spiro atoms. The van der Waals surface area contributed by atoms with Gasteiger partial charge in [-0.25, -0.2) is 4.39 Å². The third-order valence-corrected chi connectivity index (χ3v) is 5.37. The van der Waals surface area contributed by atoms with E-state index in [0.717, 1.165) is 38.4 Å². The molecule has 2 heterocycles. The summed E-state index contributed by atoms with van der Waals surface area (Å²) >= 11 is 0. The zero-order chi connectivity index (χ0) is 18.8. The fourth-order valence-electron chi connectivity index (χ4n) is 3.81. The van der Waals surface area contributed by atoms with Crippen molar-refractivity contribution >= 4 is 5.91 Å². The zero-order valence-electron chi connectivity index (χ0n) is 15.5. The van der Waals surface area contributed by atoms with Crippen LogP contribution in [0.5, 0.6) is 11.5 Å². The molecule has 0 radical (unpaired) electrons. The van der Waals surface area contributed by atoms with Crippen molar-refractivity contribution < 1.29 is 23.6 Å². The SMILES string of the molecule is COc1ccc(C(=O)N2CC[NH+](Cc3ccc4c(c3)CCO4)CC2)c(F)c1. The number of nitrogens with zero attached hydrogens (tertiary/aromatic N) is 1. The Morgan fingerprint density at radius 1 is 1.22 bits per heavy atom. The molecule has 2 aliphatic rings. The van der Waals surface area contributed by atoms with Gasteiger partial charge in [0.25, 0.3) is 5.91 Å². The van der Waals surface area contributed by atoms with Crippen LogP contribution in [-0.4, -0.2) is 50.7 Å². The number of carbonyl (C=O) groups is 1. The Hall–Kier alpha value is -2.60. The molecular formula is C21H24FN2O3+. The summed E-state index contributed by atoms with van der Waals surface area (Å²) < 4.78 is 24.7. The lowest BCUT2D eigenvalue weighted by atomic mass is 10.1. The summed E-state index contributed by atoms with van der Waals surface area (Å²) in [6.07, 6.45) is 0.980. The van der Waals surface area contributed by atoms with Crippen LogP contribution in [0.4, 0.5) is 4.39 Å². The number of rotatable bonds is 4. The van der Waals surface area contributed by atoms with E-state index >= 15 is 0 Å². The summed E-state index contributed by atoms with van der Waals surface area (Å²) in [5.74, 6) is 0.641. The highest BCUT2D eigenvalue weighted by Crippen LogP contribution is 2.25. The molecule has 1 N–H and O–H groups in total. The second kappa shape index (κ2) is 7.56. The summed E-state index contributed by atoms with van der Waals surface area (Å²) in [5, 5.41) is 0. The summed E-state index contributed by atoms with van der Waals surface area (Å²) in [6.45, 7) is 4.69. The molecule has 1 saturated heterocycles. The van der Waals surface area contributed by atoms with Gasteiger partial charge < -0.3 is 19.3 Å². The van der Waals surface area contributed by atoms with E-state index in [9.17, 15) is 9.18 Å². The average Bonchev–Trinajstić information content (AvgIpc) is 3.16. The molecule has 27 heavy (non-hydrogen) atoms. The summed E-state index contributed by atoms with van der Waals surface area (Å²) in [6, 6.07) is 10.8. The van der Waals surface area contributed by atoms with Gasteiger partial charge >= 0.3 is 0 Å². The molecule has 0 aromatic heterocycles. The second-order valence-corrected chi connectivity index (χ2v) is 7.11. The van der Waals surface area contributed by atoms with E-state index in [1.807, 2.05) is 0 Å². The first-order valence-corrected chi connectivity index (χ1v) is 9.35. The number of methoxy groups -OCH3 is 1. The van der Waals surface area contributed by atoms with Crippen LogP contribution in [0.15, 0.2) is 36.4 Å². The van der Waals surface area contributed by atoms with Crippen LogP contribution in [0.3, 0.4) is 0 Å². The van der Waals surface area contributed by atoms with Gasteiger partial charge in [-0.3, -0.25) is 4.79 Å². The maximum Gasteiger partial charge on any atom is 0.257 e. The van der Waals surface area contributed by atoms with Gasteiger partial charge in [-0.15, -0.1) is 0 Å². The highest BCUT2D eigenvalue weighted by Gasteiger charge is 2.26. The zero-order valence-corrected chi connectivity index (χ0v) is 15.5. The van der Waals surface area contributed by atoms with E-state index in [2.05, 4.69) is 18.2 Å². The molecule has 0 atom stereocenters. The summed E-state index contributed by atoms with van der Waals surface area (Å²) in [5.41, 5.74) is 2.70. The number of ether oxygens (including phenoxy) is 2. The molecule has 0 aliphatic carbocycles. The van der Waals surface area contributed by atoms with Crippen LogP contribution in [0.25, 0.3) is 0 Å². The van der Waals surface area contributed by atoms with Crippen molar-refractivity contribution in [3.05, 3.63) is 58.9 Å². The van der Waals surface area contributed by atoms with Crippen LogP contribution in [0.1, 0.15) is 21.5 Å². The Kier molecular flexibility index (Phi) is 4.99. The van der Waals surface area contributed by atoms with Crippen molar-refractivity contribution in [1.82, 2.24) is 4.90 Å². The summed E-state index contributed by atoms with van der Waals surface area (Å²) in [7, 11) is 1.48. The molecule has 2 aromatic carbocycles. The number of fused-ring (bicyclic) bond motifs is 1. The maximum atomic E-state index is 14.2. The Bertz CT molecular complexity index is 847. The molecule has 0 saturated carbocycles. The van der Waals surface area contributed by atoms with Crippen molar-refractivity contribution in [3.8, 4) is 11.5 Å². The van der Waals surface area contributed by atoms with Gasteiger partial charge in [0.1, 0.15) is 23.9 Å². The predicted octanol–water partition coefficient (Wildman–Crippen LogP) is 1.31. The lowest BCUT2D eigenvalue weighted by molar-refractivity contribution is -0.917. The van der Waals surface area contributed by atoms with E-state index in [4.69, 9.17) is 9.47 Å². The van der Waals surface area contributed by atoms with E-state index in [-0.39, 0.29) is 11.5 Å². The molecule has 0 bridgehead atoms. The molecule has 6 heteroatoms. The van der Waals surface area contributed by atoms with Crippen LogP contribution >= 0.6 is 0 Å². The van der Waals surface area contributed by atoms with Crippen molar-refractivity contribution in [1.29, 1.82) is 0 Å². The Balaban J connectivity index is 1.35. The van der Waals surface area contributed by atoms with Crippen molar-refractivity contribution in [3.63, 3.8) is 0 Å². The van der Waals surface area contributed by atoms with E-state index in [1.54, 1.807) is 11.0 Å². The number of nitrogens with one attached hydrogen (secondary N) is 1. The van der Waals surface area contributed by atoms with E-state index in [0.29, 0.717) is 18.8 Å². The van der Waals surface area contributed by atoms with Gasteiger partial charge in [-0.05, 0) is 35.9 Å². The molecule has 5 nitrogen and oxygen atoms in total. The molecule has 2 aromatic rings. The fourth-order valence-corrected chi connectivity index (χ4v) is 3.81. The number of benzene rings is 2. The smallest absolute Gasteiger partial charge is 0.257 e. The number of halogens is 1. The lowest BCUT2D eigenvalue weighted by Gasteiger charge is -2.32. The number of hydrogen-bond acceptors (Lipinski definition) is 3. The molecule has 4 rings (SSSR count). The second-order valence-electron chi connectivity index (χ2n) is 7.11. The van der Waals surface area contributed by atoms with Gasteiger partial charge in [0.2, 0.25) is 0 Å². The first-order chi connectivity index (χ1) is 13.1. The van der Waals surface area contributed by atoms with Crippen LogP contribution in [0.2, 0.25) is 0 Å². The largest absolute Gasteiger partial charge is 0.497 e. The molecule has 2 aliphatic heterocycles. The molecule has 0 unspecified atom stereocenters. The number of carbonyl (C=O) groups excluding carboxylic acids is 1. The first-order valence-electron chi connectivity index (χ1n) is 9.35. The summed E-state index contributed by atoms with van der Waals surface area (Å²) in [4.78, 5) is 15.8. The topological polar surface area (TPSA) is 43.2 Å². The van der Waals surface area contributed by atoms with Gasteiger partial charge in [0.05, 0.1) is 45.5 Å². The first kappa shape index (κ1) is 17.8. The van der Waals surface area contributed by atoms with Crippen molar-refractivity contribution in [2.75, 3.05) is 39.9 Å². The van der Waals surface area contributed by atoms with Gasteiger partial charge in [-0.1, -0.05) is 0 Å². The quantitative estimate of drug-likeness (QED) is 0.881. The number of amides is 1. The molecule has 1 amide bonds. The van der Waals surface area contributed by atoms with Crippen molar-refractivity contribution in [2.45, 2.75) is 13.0 Å². The van der Waals surface area contributed by atoms with Crippen molar-refractivity contribution in [2.24, 2.45) is 0 Å². The average molecular weight is 371 g/mol. The Labute approximate surface area is 158 Å². The third kappa shape index (κ3) is 3.76.